The molecule has 0 spiro atoms. The molecule has 1 N–H and O–H groups in total. The first-order chi connectivity index (χ1) is 14.5. The number of aryl methyl sites for hydroxylation is 2. The smallest absolute Gasteiger partial charge is 0.234 e. The van der Waals surface area contributed by atoms with Gasteiger partial charge >= 0.3 is 0 Å². The highest BCUT2D eigenvalue weighted by Crippen LogP contribution is 2.31. The van der Waals surface area contributed by atoms with Gasteiger partial charge in [-0.3, -0.25) is 14.7 Å². The lowest BCUT2D eigenvalue weighted by molar-refractivity contribution is -0.122. The van der Waals surface area contributed by atoms with Gasteiger partial charge < -0.3 is 5.32 Å². The average molecular weight is 404 g/mol. The minimum Gasteiger partial charge on any atom is -0.348 e. The molecule has 1 atom stereocenters. The summed E-state index contributed by atoms with van der Waals surface area (Å²) in [5, 5.41) is 7.89. The molecule has 0 saturated carbocycles. The highest BCUT2D eigenvalue weighted by Gasteiger charge is 2.26. The summed E-state index contributed by atoms with van der Waals surface area (Å²) < 4.78 is 2.04. The van der Waals surface area contributed by atoms with E-state index in [9.17, 15) is 4.79 Å². The fraction of sp³-hybridized carbons (Fsp3) is 0.375. The number of benzene rings is 1. The normalized spacial score (nSPS) is 15.8. The molecule has 0 unspecified atom stereocenters. The molecule has 30 heavy (non-hydrogen) atoms. The van der Waals surface area contributed by atoms with Gasteiger partial charge in [-0.1, -0.05) is 6.07 Å². The molecule has 2 heterocycles. The number of amides is 1. The Morgan fingerprint density at radius 3 is 2.77 bits per heavy atom. The number of likely N-dealkylation sites (N-methyl/N-ethyl adjacent to an activating group) is 1. The summed E-state index contributed by atoms with van der Waals surface area (Å²) in [5.41, 5.74) is 7.12. The zero-order valence-corrected chi connectivity index (χ0v) is 17.9. The van der Waals surface area contributed by atoms with Crippen LogP contribution in [0.1, 0.15) is 46.8 Å². The Kier molecular flexibility index (Phi) is 5.95. The largest absolute Gasteiger partial charge is 0.348 e. The van der Waals surface area contributed by atoms with Crippen molar-refractivity contribution in [2.75, 3.05) is 13.6 Å². The van der Waals surface area contributed by atoms with Crippen molar-refractivity contribution in [3.05, 3.63) is 76.9 Å². The van der Waals surface area contributed by atoms with Crippen LogP contribution in [0.2, 0.25) is 0 Å². The van der Waals surface area contributed by atoms with Crippen molar-refractivity contribution in [1.82, 2.24) is 25.0 Å². The Hall–Kier alpha value is -2.99. The van der Waals surface area contributed by atoms with E-state index in [1.54, 1.807) is 12.4 Å². The van der Waals surface area contributed by atoms with Crippen LogP contribution in [-0.4, -0.2) is 39.2 Å². The summed E-state index contributed by atoms with van der Waals surface area (Å²) >= 11 is 0. The molecule has 6 nitrogen and oxygen atoms in total. The lowest BCUT2D eigenvalue weighted by Crippen LogP contribution is -2.38. The molecular formula is C24H29N5O. The SMILES string of the molecule is Cc1ccc(-n2ncc3c2CCC[C@H]3NC(=O)CN(C)Cc2ccncc2)cc1C. The quantitative estimate of drug-likeness (QED) is 0.684. The first kappa shape index (κ1) is 20.3. The summed E-state index contributed by atoms with van der Waals surface area (Å²) in [5.74, 6) is 0.0448. The third kappa shape index (κ3) is 4.44. The van der Waals surface area contributed by atoms with E-state index < -0.39 is 0 Å². The van der Waals surface area contributed by atoms with Gasteiger partial charge in [0, 0.05) is 30.2 Å². The molecule has 1 aliphatic carbocycles. The molecule has 0 radical (unpaired) electrons. The topological polar surface area (TPSA) is 63.1 Å². The minimum atomic E-state index is 0.0240. The molecule has 4 rings (SSSR count). The van der Waals surface area contributed by atoms with Gasteiger partial charge in [0.05, 0.1) is 24.5 Å². The molecule has 0 bridgehead atoms. The number of aromatic nitrogens is 3. The Balaban J connectivity index is 1.44. The number of hydrogen-bond donors (Lipinski definition) is 1. The van der Waals surface area contributed by atoms with Crippen LogP contribution in [0.3, 0.4) is 0 Å². The summed E-state index contributed by atoms with van der Waals surface area (Å²) in [4.78, 5) is 18.7. The predicted molar refractivity (Wildman–Crippen MR) is 117 cm³/mol. The number of carbonyl (C=O) groups is 1. The van der Waals surface area contributed by atoms with Gasteiger partial charge in [-0.25, -0.2) is 4.68 Å². The Bertz CT molecular complexity index is 1030. The summed E-state index contributed by atoms with van der Waals surface area (Å²) in [7, 11) is 1.96. The zero-order chi connectivity index (χ0) is 21.1. The number of nitrogens with one attached hydrogen (secondary N) is 1. The molecule has 156 valence electrons. The van der Waals surface area contributed by atoms with Crippen molar-refractivity contribution in [3.63, 3.8) is 0 Å². The first-order valence-corrected chi connectivity index (χ1v) is 10.5. The molecule has 0 saturated heterocycles. The highest BCUT2D eigenvalue weighted by molar-refractivity contribution is 5.78. The van der Waals surface area contributed by atoms with Gasteiger partial charge in [0.2, 0.25) is 5.91 Å². The molecule has 3 aromatic rings. The number of fused-ring (bicyclic) bond motifs is 1. The van der Waals surface area contributed by atoms with E-state index in [1.165, 1.54) is 16.8 Å². The highest BCUT2D eigenvalue weighted by atomic mass is 16.2. The van der Waals surface area contributed by atoms with E-state index >= 15 is 0 Å². The molecule has 6 heteroatoms. The monoisotopic (exact) mass is 403 g/mol. The van der Waals surface area contributed by atoms with Crippen molar-refractivity contribution >= 4 is 5.91 Å². The molecule has 0 fully saturated rings. The average Bonchev–Trinajstić information content (AvgIpc) is 3.16. The van der Waals surface area contributed by atoms with Crippen LogP contribution in [-0.2, 0) is 17.8 Å². The third-order valence-corrected chi connectivity index (χ3v) is 5.87. The van der Waals surface area contributed by atoms with Gasteiger partial charge in [0.25, 0.3) is 0 Å². The fourth-order valence-corrected chi connectivity index (χ4v) is 4.13. The van der Waals surface area contributed by atoms with Gasteiger partial charge in [0.15, 0.2) is 0 Å². The Morgan fingerprint density at radius 2 is 2.00 bits per heavy atom. The van der Waals surface area contributed by atoms with Crippen molar-refractivity contribution < 1.29 is 4.79 Å². The number of nitrogens with zero attached hydrogens (tertiary/aromatic N) is 4. The lowest BCUT2D eigenvalue weighted by atomic mass is 9.92. The van der Waals surface area contributed by atoms with Crippen molar-refractivity contribution in [3.8, 4) is 5.69 Å². The molecule has 1 aromatic carbocycles. The molecular weight excluding hydrogens is 374 g/mol. The number of rotatable bonds is 6. The predicted octanol–water partition coefficient (Wildman–Crippen LogP) is 3.51. The van der Waals surface area contributed by atoms with Crippen LogP contribution in [0.5, 0.6) is 0 Å². The second-order valence-corrected chi connectivity index (χ2v) is 8.27. The molecule has 1 aliphatic rings. The number of carbonyl (C=O) groups excluding carboxylic acids is 1. The van der Waals surface area contributed by atoms with E-state index in [-0.39, 0.29) is 11.9 Å². The van der Waals surface area contributed by atoms with Crippen LogP contribution < -0.4 is 5.32 Å². The molecule has 2 aromatic heterocycles. The van der Waals surface area contributed by atoms with Crippen LogP contribution in [0.25, 0.3) is 5.69 Å². The second kappa shape index (κ2) is 8.79. The fourth-order valence-electron chi connectivity index (χ4n) is 4.13. The second-order valence-electron chi connectivity index (χ2n) is 8.27. The van der Waals surface area contributed by atoms with E-state index in [0.29, 0.717) is 6.54 Å². The summed E-state index contributed by atoms with van der Waals surface area (Å²) in [6.07, 6.45) is 8.46. The van der Waals surface area contributed by atoms with E-state index in [2.05, 4.69) is 47.4 Å². The van der Waals surface area contributed by atoms with Gasteiger partial charge in [-0.15, -0.1) is 0 Å². The maximum Gasteiger partial charge on any atom is 0.234 e. The Morgan fingerprint density at radius 1 is 1.20 bits per heavy atom. The van der Waals surface area contributed by atoms with E-state index in [0.717, 1.165) is 42.6 Å². The lowest BCUT2D eigenvalue weighted by Gasteiger charge is -2.25. The van der Waals surface area contributed by atoms with Crippen molar-refractivity contribution in [1.29, 1.82) is 0 Å². The van der Waals surface area contributed by atoms with Crippen LogP contribution in [0.4, 0.5) is 0 Å². The molecule has 0 aliphatic heterocycles. The van der Waals surface area contributed by atoms with Crippen LogP contribution in [0.15, 0.2) is 48.9 Å². The van der Waals surface area contributed by atoms with Crippen LogP contribution >= 0.6 is 0 Å². The van der Waals surface area contributed by atoms with E-state index in [1.807, 2.05) is 35.0 Å². The van der Waals surface area contributed by atoms with E-state index in [4.69, 9.17) is 0 Å². The minimum absolute atomic E-state index is 0.0240. The third-order valence-electron chi connectivity index (χ3n) is 5.87. The van der Waals surface area contributed by atoms with Gasteiger partial charge in [-0.2, -0.15) is 5.10 Å². The summed E-state index contributed by atoms with van der Waals surface area (Å²) in [6, 6.07) is 10.4. The molecule has 1 amide bonds. The van der Waals surface area contributed by atoms with Gasteiger partial charge in [0.1, 0.15) is 0 Å². The summed E-state index contributed by atoms with van der Waals surface area (Å²) in [6.45, 7) is 5.32. The first-order valence-electron chi connectivity index (χ1n) is 10.5. The maximum absolute atomic E-state index is 12.7. The number of pyridine rings is 1. The van der Waals surface area contributed by atoms with Crippen molar-refractivity contribution in [2.45, 2.75) is 45.7 Å². The Labute approximate surface area is 177 Å². The maximum atomic E-state index is 12.7. The zero-order valence-electron chi connectivity index (χ0n) is 17.9. The standard InChI is InChI=1S/C24H29N5O/c1-17-7-8-20(13-18(17)2)29-23-6-4-5-22(21(23)14-26-29)27-24(30)16-28(3)15-19-9-11-25-12-10-19/h7-14,22H,4-6,15-16H2,1-3H3,(H,27,30)/t22-/m1/s1. The van der Waals surface area contributed by atoms with Gasteiger partial charge in [-0.05, 0) is 81.1 Å². The van der Waals surface area contributed by atoms with Crippen molar-refractivity contribution in [2.24, 2.45) is 0 Å². The van der Waals surface area contributed by atoms with Crippen LogP contribution in [0, 0.1) is 13.8 Å². The number of hydrogen-bond acceptors (Lipinski definition) is 4.